The third kappa shape index (κ3) is 3.34. The molecule has 0 amide bonds. The van der Waals surface area contributed by atoms with E-state index >= 15 is 0 Å². The number of hydrogen-bond donors (Lipinski definition) is 1. The van der Waals surface area contributed by atoms with Gasteiger partial charge in [-0.25, -0.2) is 4.79 Å². The Balaban J connectivity index is 2.61. The molecule has 3 nitrogen and oxygen atoms in total. The number of allylic oxidation sites excluding steroid dienone is 1. The van der Waals surface area contributed by atoms with Crippen LogP contribution in [-0.2, 0) is 9.53 Å². The first kappa shape index (κ1) is 12.2. The van der Waals surface area contributed by atoms with Gasteiger partial charge < -0.3 is 9.84 Å². The molecule has 0 aromatic rings. The smallest absolute Gasteiger partial charge is 0.336 e. The average molecular weight is 212 g/mol. The van der Waals surface area contributed by atoms with Crippen molar-refractivity contribution in [2.24, 2.45) is 0 Å². The van der Waals surface area contributed by atoms with Crippen LogP contribution < -0.4 is 0 Å². The van der Waals surface area contributed by atoms with Crippen molar-refractivity contribution in [3.63, 3.8) is 0 Å². The summed E-state index contributed by atoms with van der Waals surface area (Å²) < 4.78 is 5.16. The second-order valence-corrected chi connectivity index (χ2v) is 4.52. The molecule has 3 heteroatoms. The lowest BCUT2D eigenvalue weighted by Crippen LogP contribution is -2.37. The molecule has 15 heavy (non-hydrogen) atoms. The summed E-state index contributed by atoms with van der Waals surface area (Å²) in [6.07, 6.45) is 4.10. The van der Waals surface area contributed by atoms with Crippen LogP contribution in [0.2, 0.25) is 0 Å². The van der Waals surface area contributed by atoms with Crippen molar-refractivity contribution in [2.45, 2.75) is 58.7 Å². The molecule has 1 aliphatic carbocycles. The van der Waals surface area contributed by atoms with E-state index in [2.05, 4.69) is 0 Å². The third-order valence-electron chi connectivity index (χ3n) is 2.97. The van der Waals surface area contributed by atoms with Crippen LogP contribution >= 0.6 is 0 Å². The summed E-state index contributed by atoms with van der Waals surface area (Å²) in [4.78, 5) is 11.6. The van der Waals surface area contributed by atoms with Crippen molar-refractivity contribution >= 4 is 5.97 Å². The lowest BCUT2D eigenvalue weighted by atomic mass is 9.94. The van der Waals surface area contributed by atoms with Crippen molar-refractivity contribution < 1.29 is 14.6 Å². The van der Waals surface area contributed by atoms with E-state index in [1.54, 1.807) is 6.92 Å². The van der Waals surface area contributed by atoms with Crippen molar-refractivity contribution in [2.75, 3.05) is 0 Å². The zero-order valence-electron chi connectivity index (χ0n) is 9.80. The highest BCUT2D eigenvalue weighted by Gasteiger charge is 2.33. The summed E-state index contributed by atoms with van der Waals surface area (Å²) in [6.45, 7) is 5.45. The first-order valence-electron chi connectivity index (χ1n) is 5.54. The van der Waals surface area contributed by atoms with Crippen molar-refractivity contribution in [3.05, 3.63) is 11.1 Å². The van der Waals surface area contributed by atoms with Crippen molar-refractivity contribution in [3.8, 4) is 0 Å². The van der Waals surface area contributed by atoms with Gasteiger partial charge in [-0.1, -0.05) is 12.0 Å². The number of carbonyl (C=O) groups excluding carboxylic acids is 1. The Bertz CT molecular complexity index is 269. The quantitative estimate of drug-likeness (QED) is 0.434. The minimum atomic E-state index is -1.22. The molecule has 0 saturated heterocycles. The summed E-state index contributed by atoms with van der Waals surface area (Å²) in [5.74, 6) is -1.61. The minimum Gasteiger partial charge on any atom is -0.430 e. The van der Waals surface area contributed by atoms with Crippen LogP contribution in [0.4, 0.5) is 0 Å². The van der Waals surface area contributed by atoms with Gasteiger partial charge >= 0.3 is 5.97 Å². The molecule has 1 rings (SSSR count). The van der Waals surface area contributed by atoms with Crippen LogP contribution in [0.3, 0.4) is 0 Å². The molecule has 86 valence electrons. The zero-order chi connectivity index (χ0) is 11.5. The van der Waals surface area contributed by atoms with Crippen LogP contribution in [0.15, 0.2) is 11.1 Å². The lowest BCUT2D eigenvalue weighted by molar-refractivity contribution is -0.216. The fourth-order valence-corrected chi connectivity index (χ4v) is 1.66. The average Bonchev–Trinajstić information content (AvgIpc) is 2.16. The maximum Gasteiger partial charge on any atom is 0.336 e. The van der Waals surface area contributed by atoms with Crippen LogP contribution in [0, 0.1) is 0 Å². The Morgan fingerprint density at radius 2 is 1.67 bits per heavy atom. The Morgan fingerprint density at radius 1 is 1.13 bits per heavy atom. The molecule has 0 aliphatic heterocycles. The standard InChI is InChI=1S/C12H20O3/c1-9(2)10(3)11(13)15-12(14)7-5-4-6-8-12/h14H,4-8H2,1-3H3. The first-order chi connectivity index (χ1) is 6.94. The van der Waals surface area contributed by atoms with Gasteiger partial charge in [0.15, 0.2) is 0 Å². The van der Waals surface area contributed by atoms with Gasteiger partial charge in [0.25, 0.3) is 0 Å². The van der Waals surface area contributed by atoms with Crippen molar-refractivity contribution in [1.82, 2.24) is 0 Å². The number of aliphatic hydroxyl groups is 1. The topological polar surface area (TPSA) is 46.5 Å². The summed E-state index contributed by atoms with van der Waals surface area (Å²) in [5, 5.41) is 10.0. The van der Waals surface area contributed by atoms with Gasteiger partial charge in [-0.3, -0.25) is 0 Å². The zero-order valence-corrected chi connectivity index (χ0v) is 9.80. The van der Waals surface area contributed by atoms with Gasteiger partial charge in [-0.15, -0.1) is 0 Å². The monoisotopic (exact) mass is 212 g/mol. The predicted octanol–water partition coefficient (Wildman–Crippen LogP) is 2.54. The van der Waals surface area contributed by atoms with Gasteiger partial charge in [-0.2, -0.15) is 0 Å². The largest absolute Gasteiger partial charge is 0.430 e. The molecule has 1 aliphatic rings. The fraction of sp³-hybridized carbons (Fsp3) is 0.750. The van der Waals surface area contributed by atoms with E-state index in [0.29, 0.717) is 18.4 Å². The van der Waals surface area contributed by atoms with E-state index in [1.165, 1.54) is 0 Å². The maximum atomic E-state index is 11.6. The SMILES string of the molecule is CC(C)=C(C)C(=O)OC1(O)CCCCC1. The fourth-order valence-electron chi connectivity index (χ4n) is 1.66. The summed E-state index contributed by atoms with van der Waals surface area (Å²) in [7, 11) is 0. The Kier molecular flexibility index (Phi) is 3.91. The minimum absolute atomic E-state index is 0.389. The number of carbonyl (C=O) groups is 1. The molecule has 0 spiro atoms. The van der Waals surface area contributed by atoms with Crippen LogP contribution in [0.25, 0.3) is 0 Å². The number of ether oxygens (including phenoxy) is 1. The highest BCUT2D eigenvalue weighted by atomic mass is 16.7. The van der Waals surface area contributed by atoms with E-state index in [4.69, 9.17) is 4.74 Å². The van der Waals surface area contributed by atoms with Gasteiger partial charge in [0.1, 0.15) is 0 Å². The molecule has 0 aromatic heterocycles. The highest BCUT2D eigenvalue weighted by Crippen LogP contribution is 2.29. The molecule has 0 unspecified atom stereocenters. The van der Waals surface area contributed by atoms with Crippen LogP contribution in [0.5, 0.6) is 0 Å². The summed E-state index contributed by atoms with van der Waals surface area (Å²) >= 11 is 0. The Morgan fingerprint density at radius 3 is 2.13 bits per heavy atom. The van der Waals surface area contributed by atoms with E-state index in [0.717, 1.165) is 24.8 Å². The number of rotatable bonds is 2. The van der Waals surface area contributed by atoms with E-state index < -0.39 is 5.79 Å². The number of esters is 1. The molecule has 0 radical (unpaired) electrons. The molecule has 0 bridgehead atoms. The molecular formula is C12H20O3. The first-order valence-corrected chi connectivity index (χ1v) is 5.54. The van der Waals surface area contributed by atoms with Crippen LogP contribution in [-0.4, -0.2) is 16.9 Å². The third-order valence-corrected chi connectivity index (χ3v) is 2.97. The molecule has 1 N–H and O–H groups in total. The van der Waals surface area contributed by atoms with Crippen LogP contribution in [0.1, 0.15) is 52.9 Å². The van der Waals surface area contributed by atoms with Gasteiger partial charge in [0.05, 0.1) is 0 Å². The highest BCUT2D eigenvalue weighted by molar-refractivity contribution is 5.88. The Labute approximate surface area is 91.1 Å². The van der Waals surface area contributed by atoms with E-state index in [9.17, 15) is 9.90 Å². The van der Waals surface area contributed by atoms with E-state index in [-0.39, 0.29) is 5.97 Å². The maximum absolute atomic E-state index is 11.6. The molecule has 1 saturated carbocycles. The predicted molar refractivity (Wildman–Crippen MR) is 58.2 cm³/mol. The summed E-state index contributed by atoms with van der Waals surface area (Å²) in [5.41, 5.74) is 1.52. The molecule has 0 aromatic carbocycles. The van der Waals surface area contributed by atoms with Gasteiger partial charge in [0, 0.05) is 18.4 Å². The molecule has 1 fully saturated rings. The second kappa shape index (κ2) is 4.79. The normalized spacial score (nSPS) is 19.5. The molecule has 0 atom stereocenters. The Hall–Kier alpha value is -0.830. The van der Waals surface area contributed by atoms with E-state index in [1.807, 2.05) is 13.8 Å². The number of hydrogen-bond acceptors (Lipinski definition) is 3. The molecule has 0 heterocycles. The summed E-state index contributed by atoms with van der Waals surface area (Å²) in [6, 6.07) is 0. The lowest BCUT2D eigenvalue weighted by Gasteiger charge is -2.31. The van der Waals surface area contributed by atoms with Crippen molar-refractivity contribution in [1.29, 1.82) is 0 Å². The second-order valence-electron chi connectivity index (χ2n) is 4.52. The van der Waals surface area contributed by atoms with Gasteiger partial charge in [-0.05, 0) is 33.6 Å². The molecular weight excluding hydrogens is 192 g/mol. The van der Waals surface area contributed by atoms with Gasteiger partial charge in [0.2, 0.25) is 5.79 Å².